The van der Waals surface area contributed by atoms with Crippen LogP contribution < -0.4 is 0 Å². The highest BCUT2D eigenvalue weighted by molar-refractivity contribution is 5.71. The lowest BCUT2D eigenvalue weighted by Crippen LogP contribution is -2.13. The van der Waals surface area contributed by atoms with Crippen LogP contribution in [-0.2, 0) is 12.0 Å². The van der Waals surface area contributed by atoms with E-state index < -0.39 is 0 Å². The van der Waals surface area contributed by atoms with Crippen LogP contribution in [-0.4, -0.2) is 14.5 Å². The lowest BCUT2D eigenvalue weighted by molar-refractivity contribution is 0.569. The largest absolute Gasteiger partial charge is 0.313 e. The number of imidazole rings is 1. The second-order valence-electron chi connectivity index (χ2n) is 5.19. The number of rotatable bonds is 1. The van der Waals surface area contributed by atoms with E-state index in [4.69, 9.17) is 4.98 Å². The van der Waals surface area contributed by atoms with Crippen molar-refractivity contribution in [2.75, 3.05) is 0 Å². The van der Waals surface area contributed by atoms with Crippen molar-refractivity contribution >= 4 is 11.2 Å². The van der Waals surface area contributed by atoms with E-state index in [1.54, 1.807) is 0 Å². The summed E-state index contributed by atoms with van der Waals surface area (Å²) in [6, 6.07) is 4.15. The second kappa shape index (κ2) is 3.58. The highest BCUT2D eigenvalue weighted by atomic mass is 15.1. The summed E-state index contributed by atoms with van der Waals surface area (Å²) in [5.41, 5.74) is 3.21. The molecule has 0 amide bonds. The second-order valence-corrected chi connectivity index (χ2v) is 5.19. The van der Waals surface area contributed by atoms with Crippen LogP contribution in [0.1, 0.15) is 39.2 Å². The Morgan fingerprint density at radius 3 is 2.44 bits per heavy atom. The molecular weight excluding hydrogens is 198 g/mol. The molecule has 2 aromatic heterocycles. The molecule has 0 N–H and O–H groups in total. The molecule has 0 spiro atoms. The van der Waals surface area contributed by atoms with Crippen LogP contribution in [0.5, 0.6) is 0 Å². The van der Waals surface area contributed by atoms with E-state index in [1.165, 1.54) is 0 Å². The minimum Gasteiger partial charge on any atom is -0.313 e. The first-order valence-corrected chi connectivity index (χ1v) is 5.78. The summed E-state index contributed by atoms with van der Waals surface area (Å²) in [5, 5.41) is 0. The lowest BCUT2D eigenvalue weighted by Gasteiger charge is -2.17. The molecular formula is C13H19N3. The molecule has 0 saturated heterocycles. The summed E-state index contributed by atoms with van der Waals surface area (Å²) in [7, 11) is 0. The van der Waals surface area contributed by atoms with Gasteiger partial charge in [-0.2, -0.15) is 0 Å². The zero-order valence-corrected chi connectivity index (χ0v) is 10.7. The molecule has 0 aromatic carbocycles. The highest BCUT2D eigenvalue weighted by Crippen LogP contribution is 2.23. The molecule has 3 nitrogen and oxygen atoms in total. The first kappa shape index (κ1) is 11.1. The summed E-state index contributed by atoms with van der Waals surface area (Å²) in [6.07, 6.45) is 0. The third kappa shape index (κ3) is 1.70. The van der Waals surface area contributed by atoms with Gasteiger partial charge in [0.25, 0.3) is 0 Å². The fourth-order valence-electron chi connectivity index (χ4n) is 1.91. The molecule has 86 valence electrons. The van der Waals surface area contributed by atoms with Gasteiger partial charge < -0.3 is 4.57 Å². The van der Waals surface area contributed by atoms with Gasteiger partial charge in [0.2, 0.25) is 0 Å². The van der Waals surface area contributed by atoms with Gasteiger partial charge >= 0.3 is 0 Å². The molecule has 0 bridgehead atoms. The molecule has 0 aliphatic rings. The number of aromatic nitrogens is 3. The van der Waals surface area contributed by atoms with Gasteiger partial charge in [-0.05, 0) is 26.0 Å². The smallest absolute Gasteiger partial charge is 0.160 e. The van der Waals surface area contributed by atoms with Crippen molar-refractivity contribution in [1.82, 2.24) is 14.5 Å². The first-order valence-electron chi connectivity index (χ1n) is 5.78. The Morgan fingerprint density at radius 2 is 1.88 bits per heavy atom. The molecule has 0 unspecified atom stereocenters. The number of hydrogen-bond donors (Lipinski definition) is 0. The standard InChI is InChI=1S/C13H19N3/c1-6-16-9(2)14-10-7-8-11(13(3,4)5)15-12(10)16/h7-8H,6H2,1-5H3. The van der Waals surface area contributed by atoms with Crippen molar-refractivity contribution in [2.45, 2.75) is 46.6 Å². The Hall–Kier alpha value is -1.38. The fraction of sp³-hybridized carbons (Fsp3) is 0.538. The zero-order chi connectivity index (χ0) is 11.9. The van der Waals surface area contributed by atoms with Crippen LogP contribution in [0, 0.1) is 6.92 Å². The fourth-order valence-corrected chi connectivity index (χ4v) is 1.91. The molecule has 0 aliphatic heterocycles. The predicted octanol–water partition coefficient (Wildman–Crippen LogP) is 3.06. The van der Waals surface area contributed by atoms with Crippen molar-refractivity contribution in [2.24, 2.45) is 0 Å². The van der Waals surface area contributed by atoms with E-state index in [0.29, 0.717) is 0 Å². The third-order valence-corrected chi connectivity index (χ3v) is 2.87. The molecule has 2 rings (SSSR count). The van der Waals surface area contributed by atoms with Crippen molar-refractivity contribution in [1.29, 1.82) is 0 Å². The Labute approximate surface area is 96.5 Å². The van der Waals surface area contributed by atoms with Gasteiger partial charge in [0, 0.05) is 17.7 Å². The van der Waals surface area contributed by atoms with E-state index in [-0.39, 0.29) is 5.41 Å². The summed E-state index contributed by atoms with van der Waals surface area (Å²) >= 11 is 0. The summed E-state index contributed by atoms with van der Waals surface area (Å²) < 4.78 is 2.16. The van der Waals surface area contributed by atoms with E-state index in [0.717, 1.165) is 29.2 Å². The van der Waals surface area contributed by atoms with Crippen molar-refractivity contribution in [3.05, 3.63) is 23.7 Å². The maximum Gasteiger partial charge on any atom is 0.160 e. The molecule has 3 heteroatoms. The van der Waals surface area contributed by atoms with Crippen LogP contribution in [0.25, 0.3) is 11.2 Å². The van der Waals surface area contributed by atoms with Gasteiger partial charge in [-0.3, -0.25) is 0 Å². The molecule has 16 heavy (non-hydrogen) atoms. The van der Waals surface area contributed by atoms with Crippen molar-refractivity contribution in [3.63, 3.8) is 0 Å². The topological polar surface area (TPSA) is 30.7 Å². The molecule has 0 saturated carbocycles. The van der Waals surface area contributed by atoms with Crippen molar-refractivity contribution < 1.29 is 0 Å². The van der Waals surface area contributed by atoms with Crippen LogP contribution in [0.4, 0.5) is 0 Å². The van der Waals surface area contributed by atoms with E-state index in [9.17, 15) is 0 Å². The van der Waals surface area contributed by atoms with E-state index >= 15 is 0 Å². The quantitative estimate of drug-likeness (QED) is 0.735. The SMILES string of the molecule is CCn1c(C)nc2ccc(C(C)(C)C)nc21. The number of pyridine rings is 1. The molecule has 0 aliphatic carbocycles. The number of nitrogens with zero attached hydrogens (tertiary/aromatic N) is 3. The summed E-state index contributed by atoms with van der Waals surface area (Å²) in [5.74, 6) is 1.04. The average Bonchev–Trinajstić information content (AvgIpc) is 2.50. The molecule has 0 atom stereocenters. The third-order valence-electron chi connectivity index (χ3n) is 2.87. The van der Waals surface area contributed by atoms with Crippen LogP contribution in [0.15, 0.2) is 12.1 Å². The van der Waals surface area contributed by atoms with Gasteiger partial charge in [0.1, 0.15) is 11.3 Å². The van der Waals surface area contributed by atoms with Gasteiger partial charge in [-0.25, -0.2) is 9.97 Å². The minimum atomic E-state index is 0.0882. The van der Waals surface area contributed by atoms with E-state index in [2.05, 4.69) is 49.4 Å². The number of aryl methyl sites for hydroxylation is 2. The first-order chi connectivity index (χ1) is 7.43. The molecule has 0 fully saturated rings. The summed E-state index contributed by atoms with van der Waals surface area (Å²) in [4.78, 5) is 9.25. The van der Waals surface area contributed by atoms with Crippen LogP contribution >= 0.6 is 0 Å². The van der Waals surface area contributed by atoms with Crippen LogP contribution in [0.2, 0.25) is 0 Å². The van der Waals surface area contributed by atoms with Crippen LogP contribution in [0.3, 0.4) is 0 Å². The normalized spacial score (nSPS) is 12.3. The predicted molar refractivity (Wildman–Crippen MR) is 66.6 cm³/mol. The van der Waals surface area contributed by atoms with Gasteiger partial charge in [-0.1, -0.05) is 20.8 Å². The zero-order valence-electron chi connectivity index (χ0n) is 10.7. The minimum absolute atomic E-state index is 0.0882. The summed E-state index contributed by atoms with van der Waals surface area (Å²) in [6.45, 7) is 11.6. The molecule has 2 aromatic rings. The maximum atomic E-state index is 4.74. The Bertz CT molecular complexity index is 518. The van der Waals surface area contributed by atoms with E-state index in [1.807, 2.05) is 6.92 Å². The monoisotopic (exact) mass is 217 g/mol. The highest BCUT2D eigenvalue weighted by Gasteiger charge is 2.17. The molecule has 2 heterocycles. The van der Waals surface area contributed by atoms with Gasteiger partial charge in [0.05, 0.1) is 0 Å². The Morgan fingerprint density at radius 1 is 1.19 bits per heavy atom. The number of hydrogen-bond acceptors (Lipinski definition) is 2. The molecule has 0 radical (unpaired) electrons. The van der Waals surface area contributed by atoms with Gasteiger partial charge in [0.15, 0.2) is 5.65 Å². The van der Waals surface area contributed by atoms with Gasteiger partial charge in [-0.15, -0.1) is 0 Å². The Kier molecular flexibility index (Phi) is 2.49. The number of fused-ring (bicyclic) bond motifs is 1. The maximum absolute atomic E-state index is 4.74. The average molecular weight is 217 g/mol. The van der Waals surface area contributed by atoms with Crippen molar-refractivity contribution in [3.8, 4) is 0 Å². The Balaban J connectivity index is 2.69. The lowest BCUT2D eigenvalue weighted by atomic mass is 9.92.